The fraction of sp³-hybridized carbons (Fsp3) is 0.154. The zero-order valence-electron chi connectivity index (χ0n) is 17.0. The lowest BCUT2D eigenvalue weighted by Crippen LogP contribution is -2.24. The summed E-state index contributed by atoms with van der Waals surface area (Å²) in [6.45, 7) is 0.991. The van der Waals surface area contributed by atoms with Gasteiger partial charge in [0.2, 0.25) is 0 Å². The van der Waals surface area contributed by atoms with Crippen LogP contribution in [0, 0.1) is 23.2 Å². The molecule has 0 aromatic heterocycles. The first kappa shape index (κ1) is 21.5. The highest BCUT2D eigenvalue weighted by atomic mass is 16.5. The standard InChI is InChI=1S/C26H22N2O3/c27-18-24-15-14-21(17-25(24)30-19-22-10-3-1-4-11-22)9-7-8-16-28-26(29)31-20-23-12-5-2-6-13-23/h1-6,10-15,17H,8,16,19-20H2,(H,28,29). The first-order chi connectivity index (χ1) is 15.2. The van der Waals surface area contributed by atoms with E-state index < -0.39 is 6.09 Å². The lowest BCUT2D eigenvalue weighted by atomic mass is 10.1. The minimum absolute atomic E-state index is 0.231. The Morgan fingerprint density at radius 2 is 1.58 bits per heavy atom. The van der Waals surface area contributed by atoms with Crippen molar-refractivity contribution >= 4 is 6.09 Å². The van der Waals surface area contributed by atoms with Gasteiger partial charge < -0.3 is 14.8 Å². The molecule has 0 atom stereocenters. The average Bonchev–Trinajstić information content (AvgIpc) is 2.82. The van der Waals surface area contributed by atoms with Crippen molar-refractivity contribution in [2.45, 2.75) is 19.6 Å². The number of carbonyl (C=O) groups excluding carboxylic acids is 1. The van der Waals surface area contributed by atoms with Gasteiger partial charge in [-0.25, -0.2) is 4.79 Å². The van der Waals surface area contributed by atoms with E-state index in [4.69, 9.17) is 9.47 Å². The van der Waals surface area contributed by atoms with Crippen LogP contribution < -0.4 is 10.1 Å². The number of carbonyl (C=O) groups is 1. The summed E-state index contributed by atoms with van der Waals surface area (Å²) < 4.78 is 11.0. The van der Waals surface area contributed by atoms with Gasteiger partial charge >= 0.3 is 6.09 Å². The van der Waals surface area contributed by atoms with Crippen LogP contribution in [-0.2, 0) is 18.0 Å². The number of nitrogens with zero attached hydrogens (tertiary/aromatic N) is 1. The molecule has 3 aromatic carbocycles. The zero-order valence-corrected chi connectivity index (χ0v) is 17.0. The van der Waals surface area contributed by atoms with Gasteiger partial charge in [-0.3, -0.25) is 0 Å². The summed E-state index contributed by atoms with van der Waals surface area (Å²) in [6, 6.07) is 26.6. The van der Waals surface area contributed by atoms with Gasteiger partial charge in [0.1, 0.15) is 25.0 Å². The minimum Gasteiger partial charge on any atom is -0.487 e. The van der Waals surface area contributed by atoms with Gasteiger partial charge in [-0.15, -0.1) is 0 Å². The van der Waals surface area contributed by atoms with Crippen molar-refractivity contribution in [3.63, 3.8) is 0 Å². The fourth-order valence-electron chi connectivity index (χ4n) is 2.71. The third kappa shape index (κ3) is 7.27. The van der Waals surface area contributed by atoms with Crippen molar-refractivity contribution < 1.29 is 14.3 Å². The molecule has 3 aromatic rings. The Morgan fingerprint density at radius 3 is 2.26 bits per heavy atom. The Balaban J connectivity index is 1.46. The summed E-state index contributed by atoms with van der Waals surface area (Å²) in [7, 11) is 0. The zero-order chi connectivity index (χ0) is 21.7. The summed E-state index contributed by atoms with van der Waals surface area (Å²) in [4.78, 5) is 11.7. The fourth-order valence-corrected chi connectivity index (χ4v) is 2.71. The Morgan fingerprint density at radius 1 is 0.903 bits per heavy atom. The number of hydrogen-bond donors (Lipinski definition) is 1. The van der Waals surface area contributed by atoms with Crippen molar-refractivity contribution in [3.8, 4) is 23.7 Å². The molecule has 0 unspecified atom stereocenters. The van der Waals surface area contributed by atoms with Crippen LogP contribution in [0.2, 0.25) is 0 Å². The minimum atomic E-state index is -0.472. The average molecular weight is 410 g/mol. The molecule has 0 spiro atoms. The molecule has 0 heterocycles. The van der Waals surface area contributed by atoms with Crippen molar-refractivity contribution in [1.29, 1.82) is 5.26 Å². The number of nitrogens with one attached hydrogen (secondary N) is 1. The van der Waals surface area contributed by atoms with Crippen LogP contribution in [0.25, 0.3) is 0 Å². The highest BCUT2D eigenvalue weighted by Gasteiger charge is 2.05. The summed E-state index contributed by atoms with van der Waals surface area (Å²) in [6.07, 6.45) is 0.00122. The van der Waals surface area contributed by atoms with Crippen LogP contribution in [-0.4, -0.2) is 12.6 Å². The monoisotopic (exact) mass is 410 g/mol. The molecule has 0 aliphatic heterocycles. The lowest BCUT2D eigenvalue weighted by molar-refractivity contribution is 0.140. The van der Waals surface area contributed by atoms with E-state index in [1.807, 2.05) is 60.7 Å². The van der Waals surface area contributed by atoms with Gasteiger partial charge in [-0.1, -0.05) is 72.5 Å². The van der Waals surface area contributed by atoms with E-state index in [-0.39, 0.29) is 6.61 Å². The third-order valence-corrected chi connectivity index (χ3v) is 4.30. The highest BCUT2D eigenvalue weighted by molar-refractivity contribution is 5.67. The molecule has 31 heavy (non-hydrogen) atoms. The van der Waals surface area contributed by atoms with Crippen molar-refractivity contribution in [2.75, 3.05) is 6.54 Å². The second kappa shape index (κ2) is 11.7. The number of alkyl carbamates (subject to hydrolysis) is 1. The number of ether oxygens (including phenoxy) is 2. The van der Waals surface area contributed by atoms with Gasteiger partial charge in [0.05, 0.1) is 5.56 Å². The van der Waals surface area contributed by atoms with E-state index in [1.54, 1.807) is 18.2 Å². The molecular formula is C26H22N2O3. The first-order valence-electron chi connectivity index (χ1n) is 9.89. The summed E-state index contributed by atoms with van der Waals surface area (Å²) in [5.74, 6) is 6.55. The molecule has 0 aliphatic carbocycles. The predicted octanol–water partition coefficient (Wildman–Crippen LogP) is 4.81. The van der Waals surface area contributed by atoms with Gasteiger partial charge in [0, 0.05) is 18.5 Å². The normalized spacial score (nSPS) is 9.65. The number of benzene rings is 3. The summed E-state index contributed by atoms with van der Waals surface area (Å²) in [5, 5.41) is 12.0. The molecule has 0 saturated carbocycles. The maximum atomic E-state index is 11.7. The molecule has 0 aliphatic rings. The van der Waals surface area contributed by atoms with Crippen LogP contribution in [0.3, 0.4) is 0 Å². The number of rotatable bonds is 7. The molecule has 1 N–H and O–H groups in total. The van der Waals surface area contributed by atoms with Crippen LogP contribution in [0.1, 0.15) is 28.7 Å². The van der Waals surface area contributed by atoms with E-state index in [1.165, 1.54) is 0 Å². The van der Waals surface area contributed by atoms with Gasteiger partial charge in [0.25, 0.3) is 0 Å². The maximum Gasteiger partial charge on any atom is 0.407 e. The third-order valence-electron chi connectivity index (χ3n) is 4.30. The molecule has 0 saturated heterocycles. The van der Waals surface area contributed by atoms with Crippen LogP contribution >= 0.6 is 0 Å². The van der Waals surface area contributed by atoms with Crippen LogP contribution in [0.4, 0.5) is 4.79 Å². The lowest BCUT2D eigenvalue weighted by Gasteiger charge is -2.08. The summed E-state index contributed by atoms with van der Waals surface area (Å²) in [5.41, 5.74) is 3.16. The molecule has 0 radical (unpaired) electrons. The van der Waals surface area contributed by atoms with Crippen molar-refractivity contribution in [2.24, 2.45) is 0 Å². The van der Waals surface area contributed by atoms with Crippen LogP contribution in [0.15, 0.2) is 78.9 Å². The second-order valence-electron chi connectivity index (χ2n) is 6.64. The Labute approximate surface area is 182 Å². The molecule has 0 fully saturated rings. The van der Waals surface area contributed by atoms with Crippen molar-refractivity contribution in [1.82, 2.24) is 5.32 Å². The second-order valence-corrected chi connectivity index (χ2v) is 6.64. The Bertz CT molecular complexity index is 1090. The molecule has 5 nitrogen and oxygen atoms in total. The van der Waals surface area contributed by atoms with E-state index in [0.717, 1.165) is 16.7 Å². The number of amides is 1. The summed E-state index contributed by atoms with van der Waals surface area (Å²) >= 11 is 0. The quantitative estimate of drug-likeness (QED) is 0.448. The molecule has 5 heteroatoms. The molecule has 154 valence electrons. The topological polar surface area (TPSA) is 71.4 Å². The predicted molar refractivity (Wildman–Crippen MR) is 118 cm³/mol. The first-order valence-corrected chi connectivity index (χ1v) is 9.89. The molecule has 1 amide bonds. The molecule has 3 rings (SSSR count). The van der Waals surface area contributed by atoms with Crippen molar-refractivity contribution in [3.05, 3.63) is 101 Å². The van der Waals surface area contributed by atoms with E-state index in [2.05, 4.69) is 23.2 Å². The van der Waals surface area contributed by atoms with E-state index >= 15 is 0 Å². The van der Waals surface area contributed by atoms with Gasteiger partial charge in [-0.2, -0.15) is 5.26 Å². The highest BCUT2D eigenvalue weighted by Crippen LogP contribution is 2.20. The van der Waals surface area contributed by atoms with Crippen LogP contribution in [0.5, 0.6) is 5.75 Å². The van der Waals surface area contributed by atoms with E-state index in [0.29, 0.717) is 30.9 Å². The Kier molecular flexibility index (Phi) is 8.11. The molecular weight excluding hydrogens is 388 g/mol. The number of nitriles is 1. The largest absolute Gasteiger partial charge is 0.487 e. The maximum absolute atomic E-state index is 11.7. The molecule has 0 bridgehead atoms. The van der Waals surface area contributed by atoms with E-state index in [9.17, 15) is 10.1 Å². The Hall–Kier alpha value is -4.22. The van der Waals surface area contributed by atoms with Gasteiger partial charge in [0.15, 0.2) is 0 Å². The van der Waals surface area contributed by atoms with Gasteiger partial charge in [-0.05, 0) is 29.3 Å². The SMILES string of the molecule is N#Cc1ccc(C#CCCNC(=O)OCc2ccccc2)cc1OCc1ccccc1. The number of hydrogen-bond acceptors (Lipinski definition) is 4. The smallest absolute Gasteiger partial charge is 0.407 e.